The van der Waals surface area contributed by atoms with E-state index in [4.69, 9.17) is 4.74 Å². The minimum atomic E-state index is 0.753. The number of hydrogen-bond donors (Lipinski definition) is 0. The van der Waals surface area contributed by atoms with E-state index < -0.39 is 0 Å². The molecule has 0 aliphatic carbocycles. The SMILES string of the molecule is C=C(CCC)C1CCOCC1. The number of hydrogen-bond acceptors (Lipinski definition) is 1. The molecule has 1 rings (SSSR count). The summed E-state index contributed by atoms with van der Waals surface area (Å²) in [6, 6.07) is 0. The van der Waals surface area contributed by atoms with Gasteiger partial charge in [0.15, 0.2) is 0 Å². The fourth-order valence-corrected chi connectivity index (χ4v) is 1.63. The van der Waals surface area contributed by atoms with Gasteiger partial charge >= 0.3 is 0 Å². The molecular formula is C10H18O. The van der Waals surface area contributed by atoms with Crippen molar-refractivity contribution in [1.82, 2.24) is 0 Å². The first-order chi connectivity index (χ1) is 5.34. The van der Waals surface area contributed by atoms with Gasteiger partial charge in [-0.3, -0.25) is 0 Å². The van der Waals surface area contributed by atoms with E-state index in [9.17, 15) is 0 Å². The van der Waals surface area contributed by atoms with Crippen LogP contribution in [0.3, 0.4) is 0 Å². The molecule has 1 nitrogen and oxygen atoms in total. The van der Waals surface area contributed by atoms with Crippen molar-refractivity contribution in [3.05, 3.63) is 12.2 Å². The first kappa shape index (κ1) is 8.79. The van der Waals surface area contributed by atoms with Gasteiger partial charge in [-0.2, -0.15) is 0 Å². The summed E-state index contributed by atoms with van der Waals surface area (Å²) in [4.78, 5) is 0. The lowest BCUT2D eigenvalue weighted by atomic mass is 9.90. The molecule has 0 aromatic heterocycles. The zero-order valence-corrected chi connectivity index (χ0v) is 7.44. The minimum Gasteiger partial charge on any atom is -0.381 e. The summed E-state index contributed by atoms with van der Waals surface area (Å²) in [5.74, 6) is 0.753. The Morgan fingerprint density at radius 3 is 2.64 bits per heavy atom. The molecule has 0 aromatic rings. The van der Waals surface area contributed by atoms with Crippen molar-refractivity contribution in [2.75, 3.05) is 13.2 Å². The van der Waals surface area contributed by atoms with Crippen LogP contribution in [0.15, 0.2) is 12.2 Å². The minimum absolute atomic E-state index is 0.753. The van der Waals surface area contributed by atoms with Crippen molar-refractivity contribution in [3.63, 3.8) is 0 Å². The molecule has 0 radical (unpaired) electrons. The average Bonchev–Trinajstić information content (AvgIpc) is 2.07. The van der Waals surface area contributed by atoms with Gasteiger partial charge in [0.05, 0.1) is 0 Å². The molecule has 0 spiro atoms. The quantitative estimate of drug-likeness (QED) is 0.568. The van der Waals surface area contributed by atoms with E-state index in [0.29, 0.717) is 0 Å². The summed E-state index contributed by atoms with van der Waals surface area (Å²) in [6.07, 6.45) is 4.82. The fraction of sp³-hybridized carbons (Fsp3) is 0.800. The Labute approximate surface area is 69.4 Å². The second-order valence-electron chi connectivity index (χ2n) is 3.29. The molecule has 11 heavy (non-hydrogen) atoms. The summed E-state index contributed by atoms with van der Waals surface area (Å²) in [6.45, 7) is 8.20. The van der Waals surface area contributed by atoms with Crippen LogP contribution >= 0.6 is 0 Å². The summed E-state index contributed by atoms with van der Waals surface area (Å²) in [7, 11) is 0. The molecule has 1 heteroatoms. The third kappa shape index (κ3) is 2.66. The van der Waals surface area contributed by atoms with E-state index in [-0.39, 0.29) is 0 Å². The van der Waals surface area contributed by atoms with Gasteiger partial charge in [-0.15, -0.1) is 0 Å². The van der Waals surface area contributed by atoms with Crippen molar-refractivity contribution in [2.45, 2.75) is 32.6 Å². The van der Waals surface area contributed by atoms with Gasteiger partial charge in [0.2, 0.25) is 0 Å². The summed E-state index contributed by atoms with van der Waals surface area (Å²) in [5, 5.41) is 0. The summed E-state index contributed by atoms with van der Waals surface area (Å²) >= 11 is 0. The molecule has 0 unspecified atom stereocenters. The molecule has 0 amide bonds. The van der Waals surface area contributed by atoms with Crippen LogP contribution < -0.4 is 0 Å². The van der Waals surface area contributed by atoms with Gasteiger partial charge in [-0.05, 0) is 25.2 Å². The van der Waals surface area contributed by atoms with E-state index >= 15 is 0 Å². The molecule has 0 N–H and O–H groups in total. The molecule has 0 bridgehead atoms. The van der Waals surface area contributed by atoms with Crippen LogP contribution in [0.5, 0.6) is 0 Å². The second-order valence-corrected chi connectivity index (χ2v) is 3.29. The highest BCUT2D eigenvalue weighted by atomic mass is 16.5. The topological polar surface area (TPSA) is 9.23 Å². The maximum absolute atomic E-state index is 5.29. The zero-order valence-electron chi connectivity index (χ0n) is 7.44. The highest BCUT2D eigenvalue weighted by molar-refractivity contribution is 5.00. The van der Waals surface area contributed by atoms with Gasteiger partial charge in [0, 0.05) is 13.2 Å². The Morgan fingerprint density at radius 1 is 1.45 bits per heavy atom. The van der Waals surface area contributed by atoms with Gasteiger partial charge in [0.1, 0.15) is 0 Å². The predicted molar refractivity (Wildman–Crippen MR) is 47.6 cm³/mol. The van der Waals surface area contributed by atoms with Crippen molar-refractivity contribution < 1.29 is 4.74 Å². The van der Waals surface area contributed by atoms with Gasteiger partial charge < -0.3 is 4.74 Å². The number of allylic oxidation sites excluding steroid dienone is 1. The van der Waals surface area contributed by atoms with Crippen molar-refractivity contribution in [3.8, 4) is 0 Å². The average molecular weight is 154 g/mol. The predicted octanol–water partition coefficient (Wildman–Crippen LogP) is 2.77. The molecule has 0 saturated carbocycles. The monoisotopic (exact) mass is 154 g/mol. The van der Waals surface area contributed by atoms with E-state index in [1.165, 1.54) is 31.3 Å². The first-order valence-corrected chi connectivity index (χ1v) is 4.60. The van der Waals surface area contributed by atoms with Crippen LogP contribution in [0.4, 0.5) is 0 Å². The normalized spacial score (nSPS) is 20.1. The Hall–Kier alpha value is -0.300. The maximum atomic E-state index is 5.29. The van der Waals surface area contributed by atoms with Crippen molar-refractivity contribution in [1.29, 1.82) is 0 Å². The van der Waals surface area contributed by atoms with Crippen LogP contribution in [0.1, 0.15) is 32.6 Å². The van der Waals surface area contributed by atoms with Crippen LogP contribution in [-0.2, 0) is 4.74 Å². The Kier molecular flexibility index (Phi) is 3.64. The standard InChI is InChI=1S/C10H18O/c1-3-4-9(2)10-5-7-11-8-6-10/h10H,2-8H2,1H3. The Balaban J connectivity index is 2.27. The lowest BCUT2D eigenvalue weighted by Crippen LogP contribution is -2.16. The molecule has 0 atom stereocenters. The van der Waals surface area contributed by atoms with Crippen LogP contribution in [0.25, 0.3) is 0 Å². The highest BCUT2D eigenvalue weighted by Gasteiger charge is 2.15. The lowest BCUT2D eigenvalue weighted by molar-refractivity contribution is 0.0750. The Morgan fingerprint density at radius 2 is 2.09 bits per heavy atom. The van der Waals surface area contributed by atoms with E-state index in [1.54, 1.807) is 0 Å². The second kappa shape index (κ2) is 4.55. The van der Waals surface area contributed by atoms with Crippen LogP contribution in [-0.4, -0.2) is 13.2 Å². The van der Waals surface area contributed by atoms with Crippen molar-refractivity contribution in [2.24, 2.45) is 5.92 Å². The number of ether oxygens (including phenoxy) is 1. The summed E-state index contributed by atoms with van der Waals surface area (Å²) < 4.78 is 5.29. The van der Waals surface area contributed by atoms with Crippen LogP contribution in [0, 0.1) is 5.92 Å². The highest BCUT2D eigenvalue weighted by Crippen LogP contribution is 2.24. The van der Waals surface area contributed by atoms with Crippen molar-refractivity contribution >= 4 is 0 Å². The third-order valence-corrected chi connectivity index (χ3v) is 2.37. The van der Waals surface area contributed by atoms with Gasteiger partial charge in [-0.1, -0.05) is 25.5 Å². The summed E-state index contributed by atoms with van der Waals surface area (Å²) in [5.41, 5.74) is 1.44. The smallest absolute Gasteiger partial charge is 0.0471 e. The van der Waals surface area contributed by atoms with Crippen LogP contribution in [0.2, 0.25) is 0 Å². The molecule has 1 fully saturated rings. The molecule has 1 aliphatic heterocycles. The zero-order chi connectivity index (χ0) is 8.10. The number of rotatable bonds is 3. The maximum Gasteiger partial charge on any atom is 0.0471 e. The van der Waals surface area contributed by atoms with E-state index in [2.05, 4.69) is 13.5 Å². The van der Waals surface area contributed by atoms with Gasteiger partial charge in [0.25, 0.3) is 0 Å². The molecular weight excluding hydrogens is 136 g/mol. The lowest BCUT2D eigenvalue weighted by Gasteiger charge is -2.23. The Bertz CT molecular complexity index is 123. The first-order valence-electron chi connectivity index (χ1n) is 4.60. The molecule has 1 heterocycles. The largest absolute Gasteiger partial charge is 0.381 e. The van der Waals surface area contributed by atoms with Gasteiger partial charge in [-0.25, -0.2) is 0 Å². The fourth-order valence-electron chi connectivity index (χ4n) is 1.63. The molecule has 0 aromatic carbocycles. The third-order valence-electron chi connectivity index (χ3n) is 2.37. The van der Waals surface area contributed by atoms with E-state index in [1.807, 2.05) is 0 Å². The molecule has 1 saturated heterocycles. The molecule has 64 valence electrons. The van der Waals surface area contributed by atoms with E-state index in [0.717, 1.165) is 19.1 Å². The molecule has 1 aliphatic rings.